The van der Waals surface area contributed by atoms with Crippen LogP contribution in [0, 0.1) is 11.3 Å². The van der Waals surface area contributed by atoms with Crippen molar-refractivity contribution in [3.05, 3.63) is 279 Å². The van der Waals surface area contributed by atoms with Gasteiger partial charge >= 0.3 is 0 Å². The second-order valence-electron chi connectivity index (χ2n) is 19.8. The van der Waals surface area contributed by atoms with Crippen LogP contribution in [0.5, 0.6) is 0 Å². The summed E-state index contributed by atoms with van der Waals surface area (Å²) in [5.74, 6) is 0. The van der Waals surface area contributed by atoms with Crippen LogP contribution in [-0.4, -0.2) is 18.7 Å². The molecule has 0 unspecified atom stereocenters. The zero-order valence-corrected chi connectivity index (χ0v) is 41.7. The van der Waals surface area contributed by atoms with Gasteiger partial charge in [-0.15, -0.1) is 0 Å². The quantitative estimate of drug-likeness (QED) is 0.152. The second-order valence-corrected chi connectivity index (χ2v) is 19.8. The lowest BCUT2D eigenvalue weighted by molar-refractivity contribution is 1.12. The molecular formula is C72H45N5. The Morgan fingerprint density at radius 1 is 0.273 bits per heavy atom. The number of rotatable bonds is 8. The SMILES string of the molecule is N#Cc1c(-n2c3ccc(-c4ccccc4)cc3c3cc(-c4ccccc4)ccc32)cc(-c2ccc(-n3c4ccccc4c4cccnc43)cc2)cc1-n1c2ccc(-c3ccccc3)cc2c2cc(-c3ccccc3)ccc21. The molecular weight excluding hydrogens is 935 g/mol. The molecule has 0 bridgehead atoms. The van der Waals surface area contributed by atoms with E-state index >= 15 is 0 Å². The van der Waals surface area contributed by atoms with Crippen LogP contribution in [0.25, 0.3) is 138 Å². The maximum absolute atomic E-state index is 11.9. The number of fused-ring (bicyclic) bond motifs is 9. The first-order valence-electron chi connectivity index (χ1n) is 26.1. The molecule has 0 saturated carbocycles. The summed E-state index contributed by atoms with van der Waals surface area (Å²) in [6.45, 7) is 0. The molecule has 4 aromatic heterocycles. The molecule has 0 amide bonds. The molecule has 0 saturated heterocycles. The van der Waals surface area contributed by atoms with Crippen molar-refractivity contribution >= 4 is 65.5 Å². The summed E-state index contributed by atoms with van der Waals surface area (Å²) in [5.41, 5.74) is 20.4. The lowest BCUT2D eigenvalue weighted by Crippen LogP contribution is -2.05. The van der Waals surface area contributed by atoms with Crippen LogP contribution in [0.4, 0.5) is 0 Å². The molecule has 5 nitrogen and oxygen atoms in total. The Balaban J connectivity index is 1.02. The van der Waals surface area contributed by atoms with Crippen molar-refractivity contribution in [2.45, 2.75) is 0 Å². The molecule has 15 aromatic rings. The van der Waals surface area contributed by atoms with Crippen LogP contribution < -0.4 is 0 Å². The highest BCUT2D eigenvalue weighted by atomic mass is 15.0. The fourth-order valence-electron chi connectivity index (χ4n) is 11.9. The van der Waals surface area contributed by atoms with E-state index in [2.05, 4.69) is 281 Å². The maximum Gasteiger partial charge on any atom is 0.145 e. The predicted molar refractivity (Wildman–Crippen MR) is 319 cm³/mol. The Bertz CT molecular complexity index is 4360. The van der Waals surface area contributed by atoms with E-state index in [0.29, 0.717) is 5.56 Å². The summed E-state index contributed by atoms with van der Waals surface area (Å²) in [4.78, 5) is 4.89. The van der Waals surface area contributed by atoms with Gasteiger partial charge in [0.1, 0.15) is 17.3 Å². The van der Waals surface area contributed by atoms with E-state index < -0.39 is 0 Å². The molecule has 0 spiro atoms. The molecule has 0 fully saturated rings. The number of hydrogen-bond acceptors (Lipinski definition) is 2. The topological polar surface area (TPSA) is 51.5 Å². The van der Waals surface area contributed by atoms with Crippen molar-refractivity contribution in [1.82, 2.24) is 18.7 Å². The molecule has 4 heterocycles. The molecule has 358 valence electrons. The van der Waals surface area contributed by atoms with Crippen LogP contribution in [0.1, 0.15) is 5.56 Å². The molecule has 77 heavy (non-hydrogen) atoms. The zero-order chi connectivity index (χ0) is 51.0. The highest BCUT2D eigenvalue weighted by Gasteiger charge is 2.24. The van der Waals surface area contributed by atoms with Gasteiger partial charge in [-0.3, -0.25) is 4.57 Å². The smallest absolute Gasteiger partial charge is 0.145 e. The van der Waals surface area contributed by atoms with Gasteiger partial charge in [0, 0.05) is 44.2 Å². The van der Waals surface area contributed by atoms with Gasteiger partial charge in [0.05, 0.1) is 39.0 Å². The molecule has 0 atom stereocenters. The van der Waals surface area contributed by atoms with E-state index in [1.165, 1.54) is 0 Å². The third kappa shape index (κ3) is 7.19. The Kier molecular flexibility index (Phi) is 10.2. The normalized spacial score (nSPS) is 11.6. The van der Waals surface area contributed by atoms with Crippen LogP contribution >= 0.6 is 0 Å². The molecule has 0 aliphatic carbocycles. The molecule has 0 aliphatic heterocycles. The van der Waals surface area contributed by atoms with Crippen LogP contribution in [0.15, 0.2) is 273 Å². The highest BCUT2D eigenvalue weighted by Crippen LogP contribution is 2.44. The van der Waals surface area contributed by atoms with Crippen molar-refractivity contribution in [2.24, 2.45) is 0 Å². The first-order chi connectivity index (χ1) is 38.1. The van der Waals surface area contributed by atoms with Crippen molar-refractivity contribution < 1.29 is 0 Å². The fourth-order valence-corrected chi connectivity index (χ4v) is 11.9. The second kappa shape index (κ2) is 17.8. The number of para-hydroxylation sites is 1. The third-order valence-corrected chi connectivity index (χ3v) is 15.5. The van der Waals surface area contributed by atoms with Gasteiger partial charge in [0.25, 0.3) is 0 Å². The average molecular weight is 980 g/mol. The fraction of sp³-hybridized carbons (Fsp3) is 0. The summed E-state index contributed by atoms with van der Waals surface area (Å²) < 4.78 is 6.90. The minimum absolute atomic E-state index is 0.567. The van der Waals surface area contributed by atoms with Crippen LogP contribution in [0.3, 0.4) is 0 Å². The summed E-state index contributed by atoms with van der Waals surface area (Å²) in [6, 6.07) is 98.1. The maximum atomic E-state index is 11.9. The number of nitriles is 1. The minimum atomic E-state index is 0.567. The van der Waals surface area contributed by atoms with E-state index in [-0.39, 0.29) is 0 Å². The molecule has 0 N–H and O–H groups in total. The Hall–Kier alpha value is -10.5. The first kappa shape index (κ1) is 44.0. The van der Waals surface area contributed by atoms with Gasteiger partial charge < -0.3 is 9.13 Å². The lowest BCUT2D eigenvalue weighted by Gasteiger charge is -2.19. The Morgan fingerprint density at radius 3 is 1.04 bits per heavy atom. The number of nitrogens with zero attached hydrogens (tertiary/aromatic N) is 5. The van der Waals surface area contributed by atoms with E-state index in [0.717, 1.165) is 138 Å². The van der Waals surface area contributed by atoms with Crippen LogP contribution in [0.2, 0.25) is 0 Å². The Morgan fingerprint density at radius 2 is 0.623 bits per heavy atom. The number of benzene rings is 11. The lowest BCUT2D eigenvalue weighted by atomic mass is 9.99. The monoisotopic (exact) mass is 979 g/mol. The minimum Gasteiger partial charge on any atom is -0.308 e. The third-order valence-electron chi connectivity index (χ3n) is 15.5. The summed E-state index contributed by atoms with van der Waals surface area (Å²) in [7, 11) is 0. The number of pyridine rings is 1. The summed E-state index contributed by atoms with van der Waals surface area (Å²) in [5, 5.41) is 18.7. The number of aromatic nitrogens is 4. The van der Waals surface area contributed by atoms with E-state index in [1.807, 2.05) is 12.3 Å². The standard InChI is InChI=1S/C72H45N5/c73-46-64-70(76-66-35-29-52(47-16-5-1-6-17-47)40-60(66)61-41-53(30-36-67(61)76)48-18-7-2-8-19-48)44-56(51-27-33-57(34-28-51)75-65-26-14-13-24-58(65)59-25-15-39-74-72(59)75)45-71(64)77-68-37-31-54(49-20-9-3-10-21-49)42-62(68)63-43-55(32-38-69(63)77)50-22-11-4-12-23-50/h1-45H. The predicted octanol–water partition coefficient (Wildman–Crippen LogP) is 18.6. The zero-order valence-electron chi connectivity index (χ0n) is 41.7. The Labute approximate surface area is 444 Å². The van der Waals surface area contributed by atoms with Gasteiger partial charge in [-0.2, -0.15) is 5.26 Å². The van der Waals surface area contributed by atoms with Gasteiger partial charge in [0.15, 0.2) is 0 Å². The molecule has 11 aromatic carbocycles. The van der Waals surface area contributed by atoms with Crippen molar-refractivity contribution in [1.29, 1.82) is 5.26 Å². The van der Waals surface area contributed by atoms with Crippen molar-refractivity contribution in [2.75, 3.05) is 0 Å². The number of hydrogen-bond donors (Lipinski definition) is 0. The van der Waals surface area contributed by atoms with E-state index in [1.54, 1.807) is 0 Å². The van der Waals surface area contributed by atoms with Gasteiger partial charge in [0.2, 0.25) is 0 Å². The molecule has 0 aliphatic rings. The van der Waals surface area contributed by atoms with Gasteiger partial charge in [-0.1, -0.05) is 176 Å². The first-order valence-corrected chi connectivity index (χ1v) is 26.1. The van der Waals surface area contributed by atoms with E-state index in [4.69, 9.17) is 4.98 Å². The largest absolute Gasteiger partial charge is 0.308 e. The van der Waals surface area contributed by atoms with Crippen LogP contribution in [-0.2, 0) is 0 Å². The summed E-state index contributed by atoms with van der Waals surface area (Å²) >= 11 is 0. The molecule has 0 radical (unpaired) electrons. The molecule has 15 rings (SSSR count). The highest BCUT2D eigenvalue weighted by molar-refractivity contribution is 6.14. The van der Waals surface area contributed by atoms with Gasteiger partial charge in [-0.25, -0.2) is 4.98 Å². The molecule has 5 heteroatoms. The average Bonchev–Trinajstić information content (AvgIpc) is 4.36. The van der Waals surface area contributed by atoms with Crippen molar-refractivity contribution in [3.8, 4) is 78.8 Å². The van der Waals surface area contributed by atoms with E-state index in [9.17, 15) is 5.26 Å². The van der Waals surface area contributed by atoms with Crippen molar-refractivity contribution in [3.63, 3.8) is 0 Å². The summed E-state index contributed by atoms with van der Waals surface area (Å²) in [6.07, 6.45) is 1.87. The van der Waals surface area contributed by atoms with Gasteiger partial charge in [-0.05, 0) is 147 Å².